The maximum atomic E-state index is 5.32. The average Bonchev–Trinajstić information content (AvgIpc) is 2.34. The molecule has 5 nitrogen and oxygen atoms in total. The third-order valence-electron chi connectivity index (χ3n) is 2.44. The molecule has 94 valence electrons. The van der Waals surface area contributed by atoms with E-state index < -0.39 is 0 Å². The Bertz CT molecular complexity index is 570. The molecular formula is C12H14BrN5. The summed E-state index contributed by atoms with van der Waals surface area (Å²) in [4.78, 5) is 8.37. The Morgan fingerprint density at radius 2 is 2.00 bits per heavy atom. The molecule has 0 saturated carbocycles. The first-order chi connectivity index (χ1) is 8.60. The van der Waals surface area contributed by atoms with Crippen LogP contribution < -0.4 is 16.6 Å². The molecule has 2 aromatic rings. The van der Waals surface area contributed by atoms with E-state index in [4.69, 9.17) is 5.84 Å². The lowest BCUT2D eigenvalue weighted by molar-refractivity contribution is 1.07. The lowest BCUT2D eigenvalue weighted by atomic mass is 10.2. The predicted octanol–water partition coefficient (Wildman–Crippen LogP) is 2.89. The van der Waals surface area contributed by atoms with E-state index >= 15 is 0 Å². The SMILES string of the molecule is Cc1cc(Nc2cccc(C)c2Br)nc(NN)n1. The van der Waals surface area contributed by atoms with Crippen molar-refractivity contribution < 1.29 is 0 Å². The van der Waals surface area contributed by atoms with Crippen LogP contribution >= 0.6 is 15.9 Å². The summed E-state index contributed by atoms with van der Waals surface area (Å²) >= 11 is 3.55. The van der Waals surface area contributed by atoms with Gasteiger partial charge >= 0.3 is 0 Å². The van der Waals surface area contributed by atoms with Gasteiger partial charge in [0.1, 0.15) is 5.82 Å². The van der Waals surface area contributed by atoms with Gasteiger partial charge in [-0.15, -0.1) is 0 Å². The van der Waals surface area contributed by atoms with Crippen LogP contribution in [0.1, 0.15) is 11.3 Å². The van der Waals surface area contributed by atoms with Gasteiger partial charge in [0.2, 0.25) is 5.95 Å². The van der Waals surface area contributed by atoms with Crippen molar-refractivity contribution in [1.29, 1.82) is 0 Å². The van der Waals surface area contributed by atoms with E-state index in [0.29, 0.717) is 11.8 Å². The van der Waals surface area contributed by atoms with Crippen LogP contribution in [-0.2, 0) is 0 Å². The van der Waals surface area contributed by atoms with E-state index in [1.54, 1.807) is 0 Å². The molecule has 6 heteroatoms. The number of benzene rings is 1. The third kappa shape index (κ3) is 2.77. The number of hydrogen-bond acceptors (Lipinski definition) is 5. The molecule has 0 saturated heterocycles. The second-order valence-corrected chi connectivity index (χ2v) is 4.72. The minimum absolute atomic E-state index is 0.390. The molecule has 0 aliphatic heterocycles. The van der Waals surface area contributed by atoms with Crippen molar-refractivity contribution in [3.63, 3.8) is 0 Å². The zero-order chi connectivity index (χ0) is 13.1. The van der Waals surface area contributed by atoms with Crippen molar-refractivity contribution in [2.75, 3.05) is 10.7 Å². The Hall–Kier alpha value is -1.66. The molecule has 2 rings (SSSR count). The molecular weight excluding hydrogens is 294 g/mol. The van der Waals surface area contributed by atoms with Gasteiger partial charge < -0.3 is 5.32 Å². The smallest absolute Gasteiger partial charge is 0.239 e. The fourth-order valence-corrected chi connectivity index (χ4v) is 1.94. The monoisotopic (exact) mass is 307 g/mol. The summed E-state index contributed by atoms with van der Waals surface area (Å²) in [6.45, 7) is 3.92. The van der Waals surface area contributed by atoms with E-state index in [-0.39, 0.29) is 0 Å². The molecule has 0 spiro atoms. The Balaban J connectivity index is 2.34. The molecule has 0 aliphatic carbocycles. The zero-order valence-electron chi connectivity index (χ0n) is 10.2. The van der Waals surface area contributed by atoms with E-state index in [9.17, 15) is 0 Å². The summed E-state index contributed by atoms with van der Waals surface area (Å²) in [5.74, 6) is 6.41. The highest BCUT2D eigenvalue weighted by atomic mass is 79.9. The highest BCUT2D eigenvalue weighted by molar-refractivity contribution is 9.10. The summed E-state index contributed by atoms with van der Waals surface area (Å²) in [7, 11) is 0. The minimum Gasteiger partial charge on any atom is -0.339 e. The molecule has 0 bridgehead atoms. The van der Waals surface area contributed by atoms with Crippen molar-refractivity contribution in [2.45, 2.75) is 13.8 Å². The summed E-state index contributed by atoms with van der Waals surface area (Å²) in [5, 5.41) is 3.24. The van der Waals surface area contributed by atoms with Gasteiger partial charge in [-0.1, -0.05) is 12.1 Å². The Labute approximate surface area is 114 Å². The highest BCUT2D eigenvalue weighted by Gasteiger charge is 2.05. The standard InChI is InChI=1S/C12H14BrN5/c1-7-4-3-5-9(11(7)13)16-10-6-8(2)15-12(17-10)18-14/h3-6H,14H2,1-2H3,(H2,15,16,17,18). The number of hydrogen-bond donors (Lipinski definition) is 3. The van der Waals surface area contributed by atoms with Crippen LogP contribution in [-0.4, -0.2) is 9.97 Å². The first kappa shape index (κ1) is 12.8. The molecule has 4 N–H and O–H groups in total. The fourth-order valence-electron chi connectivity index (χ4n) is 1.58. The molecule has 0 atom stereocenters. The normalized spacial score (nSPS) is 10.2. The Morgan fingerprint density at radius 1 is 1.22 bits per heavy atom. The van der Waals surface area contributed by atoms with Crippen LogP contribution in [0, 0.1) is 13.8 Å². The number of nitrogen functional groups attached to an aromatic ring is 1. The van der Waals surface area contributed by atoms with Crippen LogP contribution in [0.15, 0.2) is 28.7 Å². The van der Waals surface area contributed by atoms with Gasteiger partial charge in [0.25, 0.3) is 0 Å². The number of aromatic nitrogens is 2. The average molecular weight is 308 g/mol. The number of nitrogens with two attached hydrogens (primary N) is 1. The zero-order valence-corrected chi connectivity index (χ0v) is 11.7. The molecule has 1 aromatic heterocycles. The van der Waals surface area contributed by atoms with Crippen molar-refractivity contribution in [2.24, 2.45) is 5.84 Å². The number of halogens is 1. The van der Waals surface area contributed by atoms with Crippen LogP contribution in [0.4, 0.5) is 17.5 Å². The summed E-state index contributed by atoms with van der Waals surface area (Å²) in [6, 6.07) is 7.85. The second-order valence-electron chi connectivity index (χ2n) is 3.92. The molecule has 0 radical (unpaired) electrons. The fraction of sp³-hybridized carbons (Fsp3) is 0.167. The highest BCUT2D eigenvalue weighted by Crippen LogP contribution is 2.28. The largest absolute Gasteiger partial charge is 0.339 e. The molecule has 0 aliphatic rings. The van der Waals surface area contributed by atoms with Crippen LogP contribution in [0.3, 0.4) is 0 Å². The van der Waals surface area contributed by atoms with E-state index in [1.165, 1.54) is 0 Å². The van der Waals surface area contributed by atoms with Crippen molar-refractivity contribution >= 4 is 33.4 Å². The van der Waals surface area contributed by atoms with Gasteiger partial charge in [0.05, 0.1) is 5.69 Å². The summed E-state index contributed by atoms with van der Waals surface area (Å²) in [6.07, 6.45) is 0. The van der Waals surface area contributed by atoms with Gasteiger partial charge in [-0.25, -0.2) is 10.8 Å². The lowest BCUT2D eigenvalue weighted by Crippen LogP contribution is -2.12. The van der Waals surface area contributed by atoms with E-state index in [2.05, 4.69) is 36.6 Å². The first-order valence-electron chi connectivity index (χ1n) is 5.44. The molecule has 1 aromatic carbocycles. The van der Waals surface area contributed by atoms with E-state index in [1.807, 2.05) is 38.1 Å². The molecule has 18 heavy (non-hydrogen) atoms. The van der Waals surface area contributed by atoms with Gasteiger partial charge in [-0.05, 0) is 41.4 Å². The minimum atomic E-state index is 0.390. The van der Waals surface area contributed by atoms with Crippen LogP contribution in [0.25, 0.3) is 0 Å². The van der Waals surface area contributed by atoms with Crippen molar-refractivity contribution in [1.82, 2.24) is 9.97 Å². The Kier molecular flexibility index (Phi) is 3.78. The summed E-state index contributed by atoms with van der Waals surface area (Å²) < 4.78 is 1.02. The number of hydrazine groups is 1. The number of anilines is 3. The van der Waals surface area contributed by atoms with Crippen molar-refractivity contribution in [3.05, 3.63) is 40.0 Å². The summed E-state index contributed by atoms with van der Waals surface area (Å²) in [5.41, 5.74) is 5.39. The van der Waals surface area contributed by atoms with Gasteiger partial charge in [-0.2, -0.15) is 4.98 Å². The van der Waals surface area contributed by atoms with Gasteiger partial charge in [-0.3, -0.25) is 5.43 Å². The molecule has 0 fully saturated rings. The van der Waals surface area contributed by atoms with Crippen LogP contribution in [0.5, 0.6) is 0 Å². The predicted molar refractivity (Wildman–Crippen MR) is 76.7 cm³/mol. The second kappa shape index (κ2) is 5.32. The quantitative estimate of drug-likeness (QED) is 0.600. The number of aryl methyl sites for hydroxylation is 2. The van der Waals surface area contributed by atoms with Crippen molar-refractivity contribution in [3.8, 4) is 0 Å². The molecule has 0 unspecified atom stereocenters. The van der Waals surface area contributed by atoms with Crippen LogP contribution in [0.2, 0.25) is 0 Å². The Morgan fingerprint density at radius 3 is 2.72 bits per heavy atom. The molecule has 1 heterocycles. The number of rotatable bonds is 3. The lowest BCUT2D eigenvalue weighted by Gasteiger charge is -2.11. The maximum absolute atomic E-state index is 5.32. The van der Waals surface area contributed by atoms with Gasteiger partial charge in [0.15, 0.2) is 0 Å². The first-order valence-corrected chi connectivity index (χ1v) is 6.24. The number of nitrogens with zero attached hydrogens (tertiary/aromatic N) is 2. The van der Waals surface area contributed by atoms with E-state index in [0.717, 1.165) is 21.4 Å². The third-order valence-corrected chi connectivity index (χ3v) is 3.49. The molecule has 0 amide bonds. The topological polar surface area (TPSA) is 75.9 Å². The van der Waals surface area contributed by atoms with Gasteiger partial charge in [0, 0.05) is 16.2 Å². The maximum Gasteiger partial charge on any atom is 0.239 e. The number of nitrogens with one attached hydrogen (secondary N) is 2.